The van der Waals surface area contributed by atoms with E-state index < -0.39 is 0 Å². The highest BCUT2D eigenvalue weighted by Gasteiger charge is 2.11. The van der Waals surface area contributed by atoms with Gasteiger partial charge in [0.2, 0.25) is 5.27 Å². The van der Waals surface area contributed by atoms with Crippen molar-refractivity contribution in [3.05, 3.63) is 11.4 Å². The first-order valence-corrected chi connectivity index (χ1v) is 3.62. The third kappa shape index (κ3) is 2.30. The second kappa shape index (κ2) is 3.80. The summed E-state index contributed by atoms with van der Waals surface area (Å²) in [7, 11) is 0. The number of hydrogen-bond acceptors (Lipinski definition) is 5. The second-order valence-corrected chi connectivity index (χ2v) is 2.84. The van der Waals surface area contributed by atoms with E-state index in [2.05, 4.69) is 34.0 Å². The molecule has 0 bridgehead atoms. The van der Waals surface area contributed by atoms with Crippen LogP contribution < -0.4 is 4.68 Å². The van der Waals surface area contributed by atoms with Crippen molar-refractivity contribution >= 4 is 5.88 Å². The van der Waals surface area contributed by atoms with Gasteiger partial charge in [0.25, 0.3) is 6.20 Å². The molecule has 0 unspecified atom stereocenters. The molecule has 0 aliphatic carbocycles. The van der Waals surface area contributed by atoms with E-state index in [1.807, 2.05) is 0 Å². The van der Waals surface area contributed by atoms with Gasteiger partial charge >= 0.3 is 5.88 Å². The van der Waals surface area contributed by atoms with Crippen LogP contribution in [0.25, 0.3) is 0 Å². The zero-order valence-electron chi connectivity index (χ0n) is 6.97. The molecule has 12 heavy (non-hydrogen) atoms. The minimum absolute atomic E-state index is 0.130. The van der Waals surface area contributed by atoms with Crippen LogP contribution in [0.2, 0.25) is 0 Å². The van der Waals surface area contributed by atoms with Gasteiger partial charge in [-0.15, -0.1) is 5.11 Å². The van der Waals surface area contributed by atoms with Crippen LogP contribution in [0.5, 0.6) is 0 Å². The molecule has 0 aliphatic rings. The Hall–Kier alpha value is -1.46. The lowest BCUT2D eigenvalue weighted by molar-refractivity contribution is -0.766. The Morgan fingerprint density at radius 1 is 1.75 bits per heavy atom. The molecule has 1 rings (SSSR count). The molecule has 0 saturated heterocycles. The Labute approximate surface area is 69.4 Å². The second-order valence-electron chi connectivity index (χ2n) is 2.84. The van der Waals surface area contributed by atoms with Gasteiger partial charge in [0.05, 0.1) is 0 Å². The predicted octanol–water partition coefficient (Wildman–Crippen LogP) is 1.20. The van der Waals surface area contributed by atoms with E-state index in [0.717, 1.165) is 6.54 Å². The molecule has 0 fully saturated rings. The van der Waals surface area contributed by atoms with Crippen LogP contribution in [0.15, 0.2) is 21.1 Å². The maximum Gasteiger partial charge on any atom is 0.339 e. The van der Waals surface area contributed by atoms with Crippen molar-refractivity contribution < 1.29 is 9.20 Å². The van der Waals surface area contributed by atoms with Crippen molar-refractivity contribution in [3.8, 4) is 0 Å². The van der Waals surface area contributed by atoms with Crippen molar-refractivity contribution in [2.75, 3.05) is 0 Å². The lowest BCUT2D eigenvalue weighted by atomic mass is 10.2. The van der Waals surface area contributed by atoms with E-state index >= 15 is 0 Å². The van der Waals surface area contributed by atoms with Crippen LogP contribution >= 0.6 is 0 Å². The Kier molecular flexibility index (Phi) is 2.73. The van der Waals surface area contributed by atoms with Crippen LogP contribution in [0, 0.1) is 11.1 Å². The number of aromatic nitrogens is 2. The van der Waals surface area contributed by atoms with E-state index in [0.29, 0.717) is 5.92 Å². The molecule has 0 spiro atoms. The maximum absolute atomic E-state index is 9.69. The highest BCUT2D eigenvalue weighted by Crippen LogP contribution is 2.05. The van der Waals surface area contributed by atoms with E-state index in [9.17, 15) is 5.21 Å². The normalized spacial score (nSPS) is 11.6. The summed E-state index contributed by atoms with van der Waals surface area (Å²) >= 11 is 0. The number of hydrogen-bond donors (Lipinski definition) is 0. The third-order valence-electron chi connectivity index (χ3n) is 1.19. The summed E-state index contributed by atoms with van der Waals surface area (Å²) in [6.07, 6.45) is 1.53. The van der Waals surface area contributed by atoms with Crippen molar-refractivity contribution in [1.82, 2.24) is 5.27 Å². The summed E-state index contributed by atoms with van der Waals surface area (Å²) < 4.78 is 6.24. The molecule has 1 aromatic rings. The number of nitrogens with zero attached hydrogens (tertiary/aromatic N) is 4. The first-order chi connectivity index (χ1) is 5.72. The standard InChI is InChI=1S/C6H10N4O2/c1-5(2)3-10-4-6(7-8-11)12-9-10/h4-5H,3H2,1-2H3. The monoisotopic (exact) mass is 170 g/mol. The van der Waals surface area contributed by atoms with Gasteiger partial charge in [-0.2, -0.15) is 0 Å². The summed E-state index contributed by atoms with van der Waals surface area (Å²) in [5.74, 6) is 0.600. The zero-order chi connectivity index (χ0) is 8.97. The van der Waals surface area contributed by atoms with Crippen molar-refractivity contribution in [2.45, 2.75) is 20.4 Å². The Bertz CT molecular complexity index is 268. The lowest BCUT2D eigenvalue weighted by Gasteiger charge is -1.90. The van der Waals surface area contributed by atoms with E-state index in [4.69, 9.17) is 0 Å². The predicted molar refractivity (Wildman–Crippen MR) is 39.4 cm³/mol. The number of rotatable bonds is 3. The Morgan fingerprint density at radius 2 is 2.50 bits per heavy atom. The average Bonchev–Trinajstić information content (AvgIpc) is 2.36. The minimum atomic E-state index is 0.130. The van der Waals surface area contributed by atoms with Gasteiger partial charge in [-0.05, 0) is 0 Å². The van der Waals surface area contributed by atoms with Gasteiger partial charge < -0.3 is 5.21 Å². The summed E-state index contributed by atoms with van der Waals surface area (Å²) in [5, 5.41) is 18.8. The van der Waals surface area contributed by atoms with Crippen molar-refractivity contribution in [2.24, 2.45) is 16.3 Å². The van der Waals surface area contributed by atoms with Crippen LogP contribution in [0.3, 0.4) is 0 Å². The van der Waals surface area contributed by atoms with Crippen LogP contribution in [-0.2, 0) is 6.54 Å². The Morgan fingerprint density at radius 3 is 3.08 bits per heavy atom. The lowest BCUT2D eigenvalue weighted by Crippen LogP contribution is -2.36. The minimum Gasteiger partial charge on any atom is -0.775 e. The van der Waals surface area contributed by atoms with Gasteiger partial charge in [-0.25, -0.2) is 5.28 Å². The highest BCUT2D eigenvalue weighted by atomic mass is 16.5. The topological polar surface area (TPSA) is 77.7 Å². The average molecular weight is 170 g/mol. The molecule has 1 aromatic heterocycles. The van der Waals surface area contributed by atoms with Gasteiger partial charge in [-0.3, -0.25) is 4.52 Å². The molecule has 1 heterocycles. The molecule has 6 heteroatoms. The van der Waals surface area contributed by atoms with Crippen LogP contribution in [-0.4, -0.2) is 5.27 Å². The van der Waals surface area contributed by atoms with E-state index in [1.54, 1.807) is 4.68 Å². The molecule has 0 saturated carbocycles. The van der Waals surface area contributed by atoms with Crippen molar-refractivity contribution in [1.29, 1.82) is 0 Å². The molecule has 0 amide bonds. The zero-order valence-corrected chi connectivity index (χ0v) is 6.97. The molecule has 0 radical (unpaired) electrons. The van der Waals surface area contributed by atoms with Gasteiger partial charge in [-0.1, -0.05) is 18.5 Å². The third-order valence-corrected chi connectivity index (χ3v) is 1.19. The SMILES string of the molecule is CC(C)C[n+]1cc(/N=N/[O-])on1. The first kappa shape index (κ1) is 8.63. The molecule has 0 atom stereocenters. The highest BCUT2D eigenvalue weighted by molar-refractivity contribution is 5.09. The summed E-state index contributed by atoms with van der Waals surface area (Å²) in [4.78, 5) is 0. The fourth-order valence-corrected chi connectivity index (χ4v) is 0.813. The largest absolute Gasteiger partial charge is 0.775 e. The van der Waals surface area contributed by atoms with Crippen molar-refractivity contribution in [3.63, 3.8) is 0 Å². The van der Waals surface area contributed by atoms with Gasteiger partial charge in [0.1, 0.15) is 0 Å². The molecular weight excluding hydrogens is 160 g/mol. The molecule has 0 N–H and O–H groups in total. The molecule has 0 aliphatic heterocycles. The van der Waals surface area contributed by atoms with E-state index in [-0.39, 0.29) is 5.88 Å². The van der Waals surface area contributed by atoms with Crippen LogP contribution in [0.1, 0.15) is 13.8 Å². The quantitative estimate of drug-likeness (QED) is 0.388. The fourth-order valence-electron chi connectivity index (χ4n) is 0.813. The molecule has 6 nitrogen and oxygen atoms in total. The molecular formula is C6H10N4O2. The van der Waals surface area contributed by atoms with Crippen LogP contribution in [0.4, 0.5) is 5.88 Å². The first-order valence-electron chi connectivity index (χ1n) is 3.62. The maximum atomic E-state index is 9.69. The van der Waals surface area contributed by atoms with E-state index in [1.165, 1.54) is 6.20 Å². The summed E-state index contributed by atoms with van der Waals surface area (Å²) in [5.41, 5.74) is 0. The summed E-state index contributed by atoms with van der Waals surface area (Å²) in [6.45, 7) is 4.84. The van der Waals surface area contributed by atoms with Gasteiger partial charge in [0, 0.05) is 5.92 Å². The smallest absolute Gasteiger partial charge is 0.339 e. The molecule has 0 aromatic carbocycles. The summed E-state index contributed by atoms with van der Waals surface area (Å²) in [6, 6.07) is 0. The Balaban J connectivity index is 2.64. The fraction of sp³-hybridized carbons (Fsp3) is 0.667. The molecule has 66 valence electrons. The van der Waals surface area contributed by atoms with Gasteiger partial charge in [0.15, 0.2) is 6.54 Å².